The minimum atomic E-state index is -3.49. The van der Waals surface area contributed by atoms with Gasteiger partial charge in [-0.1, -0.05) is 24.3 Å². The minimum Gasteiger partial charge on any atom is -0.326 e. The molecule has 1 N–H and O–H groups in total. The summed E-state index contributed by atoms with van der Waals surface area (Å²) in [5.74, 6) is -0.211. The molecule has 0 aliphatic carbocycles. The van der Waals surface area contributed by atoms with Gasteiger partial charge >= 0.3 is 0 Å². The first-order valence-electron chi connectivity index (χ1n) is 8.50. The number of nitrogens with one attached hydrogen (secondary N) is 1. The lowest BCUT2D eigenvalue weighted by atomic mass is 10.1. The van der Waals surface area contributed by atoms with Crippen LogP contribution in [0, 0.1) is 27.7 Å². The predicted molar refractivity (Wildman–Crippen MR) is 107 cm³/mol. The van der Waals surface area contributed by atoms with Gasteiger partial charge in [0, 0.05) is 18.7 Å². The van der Waals surface area contributed by atoms with E-state index in [2.05, 4.69) is 5.32 Å². The molecule has 0 aliphatic rings. The van der Waals surface area contributed by atoms with Crippen LogP contribution in [0.25, 0.3) is 0 Å². The summed E-state index contributed by atoms with van der Waals surface area (Å²) in [7, 11) is -3.49. The van der Waals surface area contributed by atoms with Gasteiger partial charge in [-0.3, -0.25) is 9.10 Å². The van der Waals surface area contributed by atoms with Gasteiger partial charge < -0.3 is 5.32 Å². The molecule has 0 bridgehead atoms. The number of carbonyl (C=O) groups excluding carboxylic acids is 1. The maximum atomic E-state index is 12.4. The van der Waals surface area contributed by atoms with Crippen LogP contribution < -0.4 is 9.62 Å². The van der Waals surface area contributed by atoms with Crippen molar-refractivity contribution in [2.75, 3.05) is 22.4 Å². The molecule has 2 rings (SSSR count). The lowest BCUT2D eigenvalue weighted by molar-refractivity contribution is -0.116. The first-order valence-corrected chi connectivity index (χ1v) is 10.3. The van der Waals surface area contributed by atoms with E-state index >= 15 is 0 Å². The molecule has 0 unspecified atom stereocenters. The van der Waals surface area contributed by atoms with Gasteiger partial charge in [0.05, 0.1) is 11.9 Å². The molecule has 0 saturated heterocycles. The smallest absolute Gasteiger partial charge is 0.232 e. The molecule has 0 aliphatic heterocycles. The van der Waals surface area contributed by atoms with Gasteiger partial charge in [-0.25, -0.2) is 8.42 Å². The Morgan fingerprint density at radius 2 is 1.54 bits per heavy atom. The average molecular weight is 375 g/mol. The zero-order valence-electron chi connectivity index (χ0n) is 16.0. The standard InChI is InChI=1S/C20H26N2O3S/c1-14-6-8-16(3)18(12-14)21-20(23)10-11-22(26(5,24)25)19-13-15(2)7-9-17(19)4/h6-9,12-13H,10-11H2,1-5H3,(H,21,23). The van der Waals surface area contributed by atoms with Gasteiger partial charge in [0.1, 0.15) is 0 Å². The monoisotopic (exact) mass is 374 g/mol. The third kappa shape index (κ3) is 5.08. The topological polar surface area (TPSA) is 66.5 Å². The second-order valence-corrected chi connectivity index (χ2v) is 8.65. The molecule has 5 nitrogen and oxygen atoms in total. The van der Waals surface area contributed by atoms with Gasteiger partial charge in [0.15, 0.2) is 0 Å². The fourth-order valence-electron chi connectivity index (χ4n) is 2.74. The Morgan fingerprint density at radius 1 is 0.962 bits per heavy atom. The molecule has 140 valence electrons. The SMILES string of the molecule is Cc1ccc(C)c(NC(=O)CCN(c2cc(C)ccc2C)S(C)(=O)=O)c1. The van der Waals surface area contributed by atoms with Crippen LogP contribution in [0.3, 0.4) is 0 Å². The third-order valence-corrected chi connectivity index (χ3v) is 5.42. The van der Waals surface area contributed by atoms with Crippen molar-refractivity contribution in [1.82, 2.24) is 0 Å². The maximum absolute atomic E-state index is 12.4. The number of hydrogen-bond acceptors (Lipinski definition) is 3. The molecule has 0 fully saturated rings. The van der Waals surface area contributed by atoms with Crippen LogP contribution in [0.15, 0.2) is 36.4 Å². The van der Waals surface area contributed by atoms with E-state index in [0.29, 0.717) is 5.69 Å². The van der Waals surface area contributed by atoms with Crippen molar-refractivity contribution in [1.29, 1.82) is 0 Å². The van der Waals surface area contributed by atoms with Crippen LogP contribution >= 0.6 is 0 Å². The Hall–Kier alpha value is -2.34. The van der Waals surface area contributed by atoms with Crippen molar-refractivity contribution in [2.45, 2.75) is 34.1 Å². The second-order valence-electron chi connectivity index (χ2n) is 6.74. The molecule has 2 aromatic rings. The number of anilines is 2. The van der Waals surface area contributed by atoms with Crippen molar-refractivity contribution in [3.63, 3.8) is 0 Å². The molecule has 1 amide bonds. The third-order valence-electron chi connectivity index (χ3n) is 4.24. The average Bonchev–Trinajstić information content (AvgIpc) is 2.53. The Kier molecular flexibility index (Phi) is 6.08. The number of rotatable bonds is 6. The quantitative estimate of drug-likeness (QED) is 0.838. The highest BCUT2D eigenvalue weighted by Gasteiger charge is 2.20. The van der Waals surface area contributed by atoms with Crippen molar-refractivity contribution >= 4 is 27.3 Å². The van der Waals surface area contributed by atoms with Crippen LogP contribution in [0.4, 0.5) is 11.4 Å². The molecule has 0 aromatic heterocycles. The van der Waals surface area contributed by atoms with Crippen molar-refractivity contribution in [3.8, 4) is 0 Å². The van der Waals surface area contributed by atoms with E-state index in [-0.39, 0.29) is 18.9 Å². The van der Waals surface area contributed by atoms with Gasteiger partial charge in [0.2, 0.25) is 15.9 Å². The summed E-state index contributed by atoms with van der Waals surface area (Å²) >= 11 is 0. The summed E-state index contributed by atoms with van der Waals surface area (Å²) in [5.41, 5.74) is 5.23. The molecule has 0 atom stereocenters. The first kappa shape index (κ1) is 20.0. The summed E-state index contributed by atoms with van der Waals surface area (Å²) < 4.78 is 25.8. The molecular formula is C20H26N2O3S. The van der Waals surface area contributed by atoms with Crippen LogP contribution in [0.5, 0.6) is 0 Å². The molecule has 26 heavy (non-hydrogen) atoms. The van der Waals surface area contributed by atoms with E-state index in [4.69, 9.17) is 0 Å². The molecule has 0 saturated carbocycles. The lowest BCUT2D eigenvalue weighted by Crippen LogP contribution is -2.33. The highest BCUT2D eigenvalue weighted by atomic mass is 32.2. The van der Waals surface area contributed by atoms with Gasteiger partial charge in [-0.15, -0.1) is 0 Å². The van der Waals surface area contributed by atoms with Crippen molar-refractivity contribution < 1.29 is 13.2 Å². The Labute approximate surface area is 156 Å². The molecule has 0 radical (unpaired) electrons. The van der Waals surface area contributed by atoms with E-state index in [1.807, 2.05) is 64.1 Å². The minimum absolute atomic E-state index is 0.0772. The summed E-state index contributed by atoms with van der Waals surface area (Å²) in [4.78, 5) is 12.4. The molecule has 0 spiro atoms. The van der Waals surface area contributed by atoms with E-state index in [1.54, 1.807) is 0 Å². The summed E-state index contributed by atoms with van der Waals surface area (Å²) in [5, 5.41) is 2.87. The second kappa shape index (κ2) is 7.91. The summed E-state index contributed by atoms with van der Waals surface area (Å²) in [6.07, 6.45) is 1.24. The van der Waals surface area contributed by atoms with Crippen molar-refractivity contribution in [3.05, 3.63) is 58.7 Å². The number of nitrogens with zero attached hydrogens (tertiary/aromatic N) is 1. The van der Waals surface area contributed by atoms with E-state index in [0.717, 1.165) is 34.2 Å². The number of aryl methyl sites for hydroxylation is 4. The van der Waals surface area contributed by atoms with E-state index < -0.39 is 10.0 Å². The lowest BCUT2D eigenvalue weighted by Gasteiger charge is -2.24. The molecule has 6 heteroatoms. The Bertz CT molecular complexity index is 921. The number of hydrogen-bond donors (Lipinski definition) is 1. The highest BCUT2D eigenvalue weighted by molar-refractivity contribution is 7.92. The fraction of sp³-hybridized carbons (Fsp3) is 0.350. The predicted octanol–water partition coefficient (Wildman–Crippen LogP) is 3.72. The largest absolute Gasteiger partial charge is 0.326 e. The number of sulfonamides is 1. The molecule has 2 aromatic carbocycles. The number of benzene rings is 2. The van der Waals surface area contributed by atoms with Crippen LogP contribution in [0.1, 0.15) is 28.7 Å². The van der Waals surface area contributed by atoms with Gasteiger partial charge in [-0.2, -0.15) is 0 Å². The Balaban J connectivity index is 2.16. The van der Waals surface area contributed by atoms with Crippen molar-refractivity contribution in [2.24, 2.45) is 0 Å². The molecular weight excluding hydrogens is 348 g/mol. The van der Waals surface area contributed by atoms with Gasteiger partial charge in [0.25, 0.3) is 0 Å². The zero-order chi connectivity index (χ0) is 19.5. The number of amides is 1. The van der Waals surface area contributed by atoms with Crippen LogP contribution in [-0.2, 0) is 14.8 Å². The van der Waals surface area contributed by atoms with Crippen LogP contribution in [0.2, 0.25) is 0 Å². The van der Waals surface area contributed by atoms with E-state index in [9.17, 15) is 13.2 Å². The molecule has 0 heterocycles. The normalized spacial score (nSPS) is 11.3. The highest BCUT2D eigenvalue weighted by Crippen LogP contribution is 2.24. The zero-order valence-corrected chi connectivity index (χ0v) is 16.8. The van der Waals surface area contributed by atoms with Crippen LogP contribution in [-0.4, -0.2) is 27.1 Å². The van der Waals surface area contributed by atoms with Gasteiger partial charge in [-0.05, 0) is 62.1 Å². The van der Waals surface area contributed by atoms with E-state index in [1.165, 1.54) is 4.31 Å². The first-order chi connectivity index (χ1) is 12.1. The Morgan fingerprint density at radius 3 is 2.15 bits per heavy atom. The summed E-state index contributed by atoms with van der Waals surface area (Å²) in [6, 6.07) is 11.5. The summed E-state index contributed by atoms with van der Waals surface area (Å²) in [6.45, 7) is 7.76. The number of carbonyl (C=O) groups is 1. The maximum Gasteiger partial charge on any atom is 0.232 e. The fourth-order valence-corrected chi connectivity index (χ4v) is 3.72.